The number of methoxy groups -OCH3 is 1. The van der Waals surface area contributed by atoms with Crippen molar-refractivity contribution in [3.05, 3.63) is 53.1 Å². The van der Waals surface area contributed by atoms with Crippen molar-refractivity contribution in [2.75, 3.05) is 7.11 Å². The summed E-state index contributed by atoms with van der Waals surface area (Å²) in [6, 6.07) is 3.62. The minimum atomic E-state index is -0.914. The highest BCUT2D eigenvalue weighted by Crippen LogP contribution is 2.44. The molecule has 0 bridgehead atoms. The van der Waals surface area contributed by atoms with E-state index in [1.54, 1.807) is 19.5 Å². The molecule has 148 valence electrons. The number of aryl methyl sites for hydroxylation is 1. The first-order chi connectivity index (χ1) is 14.1. The first kappa shape index (κ1) is 17.9. The molecule has 0 saturated heterocycles. The summed E-state index contributed by atoms with van der Waals surface area (Å²) in [5.41, 5.74) is 12.8. The monoisotopic (exact) mass is 390 g/mol. The molecule has 1 unspecified atom stereocenters. The van der Waals surface area contributed by atoms with Gasteiger partial charge >= 0.3 is 5.97 Å². The number of aromatic amines is 1. The van der Waals surface area contributed by atoms with Crippen LogP contribution in [0.25, 0.3) is 22.5 Å². The van der Waals surface area contributed by atoms with Gasteiger partial charge in [-0.2, -0.15) is 0 Å². The number of fused-ring (bicyclic) bond motifs is 3. The summed E-state index contributed by atoms with van der Waals surface area (Å²) in [6.07, 6.45) is 8.79. The Morgan fingerprint density at radius 3 is 2.83 bits per heavy atom. The molecule has 0 aliphatic heterocycles. The normalized spacial score (nSPS) is 16.1. The summed E-state index contributed by atoms with van der Waals surface area (Å²) >= 11 is 0. The predicted octanol–water partition coefficient (Wildman–Crippen LogP) is 3.35. The van der Waals surface area contributed by atoms with E-state index in [9.17, 15) is 9.90 Å². The van der Waals surface area contributed by atoms with E-state index in [-0.39, 0.29) is 6.04 Å². The third-order valence-electron chi connectivity index (χ3n) is 5.95. The second-order valence-electron chi connectivity index (χ2n) is 7.78. The number of H-pyrrole nitrogens is 1. The Morgan fingerprint density at radius 2 is 2.10 bits per heavy atom. The van der Waals surface area contributed by atoms with Gasteiger partial charge in [-0.05, 0) is 54.9 Å². The third-order valence-corrected chi connectivity index (χ3v) is 5.95. The van der Waals surface area contributed by atoms with Gasteiger partial charge in [0.05, 0.1) is 30.3 Å². The molecule has 7 nitrogen and oxygen atoms in total. The highest BCUT2D eigenvalue weighted by Gasteiger charge is 2.36. The van der Waals surface area contributed by atoms with Crippen LogP contribution in [0.4, 0.5) is 0 Å². The zero-order valence-electron chi connectivity index (χ0n) is 16.1. The summed E-state index contributed by atoms with van der Waals surface area (Å²) in [6.45, 7) is 0. The molecule has 1 fully saturated rings. The number of rotatable bonds is 5. The van der Waals surface area contributed by atoms with Crippen molar-refractivity contribution in [1.29, 1.82) is 0 Å². The van der Waals surface area contributed by atoms with Crippen molar-refractivity contribution in [3.63, 3.8) is 0 Å². The first-order valence-electron chi connectivity index (χ1n) is 9.79. The van der Waals surface area contributed by atoms with Crippen LogP contribution < -0.4 is 10.5 Å². The lowest BCUT2D eigenvalue weighted by Crippen LogP contribution is -2.17. The number of aromatic carboxylic acids is 1. The summed E-state index contributed by atoms with van der Waals surface area (Å²) in [5.74, 6) is 0.111. The van der Waals surface area contributed by atoms with Gasteiger partial charge < -0.3 is 20.6 Å². The fourth-order valence-corrected chi connectivity index (χ4v) is 4.23. The number of carbonyl (C=O) groups is 1. The number of ether oxygens (including phenoxy) is 1. The van der Waals surface area contributed by atoms with Crippen LogP contribution in [0.3, 0.4) is 0 Å². The average molecular weight is 390 g/mol. The molecular formula is C22H22N4O3. The van der Waals surface area contributed by atoms with Gasteiger partial charge in [0, 0.05) is 35.3 Å². The zero-order valence-corrected chi connectivity index (χ0v) is 16.1. The summed E-state index contributed by atoms with van der Waals surface area (Å²) in [7, 11) is 1.60. The van der Waals surface area contributed by atoms with Crippen LogP contribution >= 0.6 is 0 Å². The molecule has 3 heterocycles. The Kier molecular flexibility index (Phi) is 4.13. The maximum Gasteiger partial charge on any atom is 0.337 e. The maximum atomic E-state index is 12.1. The summed E-state index contributed by atoms with van der Waals surface area (Å²) in [4.78, 5) is 24.3. The minimum Gasteiger partial charge on any atom is -0.495 e. The molecule has 2 aliphatic carbocycles. The smallest absolute Gasteiger partial charge is 0.337 e. The number of nitrogens with zero attached hydrogens (tertiary/aromatic N) is 2. The van der Waals surface area contributed by atoms with Gasteiger partial charge in [0.1, 0.15) is 5.75 Å². The van der Waals surface area contributed by atoms with Crippen LogP contribution in [0, 0.1) is 5.92 Å². The Balaban J connectivity index is 1.64. The molecule has 2 aliphatic rings. The van der Waals surface area contributed by atoms with Crippen LogP contribution in [0.1, 0.15) is 46.1 Å². The second-order valence-corrected chi connectivity index (χ2v) is 7.78. The Hall–Kier alpha value is -3.19. The maximum absolute atomic E-state index is 12.1. The molecule has 0 spiro atoms. The predicted molar refractivity (Wildman–Crippen MR) is 108 cm³/mol. The Labute approximate surface area is 168 Å². The first-order valence-corrected chi connectivity index (χ1v) is 9.79. The van der Waals surface area contributed by atoms with Gasteiger partial charge in [-0.25, -0.2) is 4.79 Å². The van der Waals surface area contributed by atoms with Crippen molar-refractivity contribution in [2.45, 2.75) is 31.7 Å². The largest absolute Gasteiger partial charge is 0.495 e. The van der Waals surface area contributed by atoms with Crippen molar-refractivity contribution in [2.24, 2.45) is 11.7 Å². The van der Waals surface area contributed by atoms with Crippen molar-refractivity contribution in [3.8, 4) is 28.3 Å². The highest BCUT2D eigenvalue weighted by atomic mass is 16.5. The number of nitrogens with two attached hydrogens (primary N) is 1. The van der Waals surface area contributed by atoms with Crippen LogP contribution in [-0.4, -0.2) is 33.1 Å². The molecule has 3 aromatic rings. The van der Waals surface area contributed by atoms with Crippen LogP contribution in [0.15, 0.2) is 30.7 Å². The molecule has 0 aromatic carbocycles. The van der Waals surface area contributed by atoms with Gasteiger partial charge in [0.15, 0.2) is 0 Å². The third kappa shape index (κ3) is 2.98. The van der Waals surface area contributed by atoms with Crippen LogP contribution in [0.2, 0.25) is 0 Å². The van der Waals surface area contributed by atoms with Gasteiger partial charge in [0.25, 0.3) is 0 Å². The number of nitrogens with one attached hydrogen (secondary N) is 1. The van der Waals surface area contributed by atoms with E-state index >= 15 is 0 Å². The number of hydrogen-bond acceptors (Lipinski definition) is 5. The summed E-state index contributed by atoms with van der Waals surface area (Å²) < 4.78 is 5.27. The van der Waals surface area contributed by atoms with E-state index in [0.29, 0.717) is 29.3 Å². The highest BCUT2D eigenvalue weighted by molar-refractivity contribution is 5.95. The van der Waals surface area contributed by atoms with E-state index in [1.807, 2.05) is 18.3 Å². The average Bonchev–Trinajstić information content (AvgIpc) is 3.51. The SMILES string of the molecule is COc1cncc(-c2cc3c(cn2)CCc2c-3[nH]c(C(N)C3CC3)c2C(=O)O)c1. The second kappa shape index (κ2) is 6.70. The minimum absolute atomic E-state index is 0.265. The van der Waals surface area contributed by atoms with Crippen LogP contribution in [0.5, 0.6) is 5.75 Å². The Morgan fingerprint density at radius 1 is 1.28 bits per heavy atom. The van der Waals surface area contributed by atoms with Gasteiger partial charge in [-0.15, -0.1) is 0 Å². The molecule has 5 rings (SSSR count). The van der Waals surface area contributed by atoms with E-state index in [4.69, 9.17) is 10.5 Å². The summed E-state index contributed by atoms with van der Waals surface area (Å²) in [5, 5.41) is 9.89. The lowest BCUT2D eigenvalue weighted by molar-refractivity contribution is 0.0694. The molecular weight excluding hydrogens is 368 g/mol. The van der Waals surface area contributed by atoms with Gasteiger partial charge in [-0.1, -0.05) is 0 Å². The molecule has 29 heavy (non-hydrogen) atoms. The van der Waals surface area contributed by atoms with E-state index < -0.39 is 5.97 Å². The molecule has 0 amide bonds. The molecule has 1 saturated carbocycles. The van der Waals surface area contributed by atoms with E-state index in [1.165, 1.54) is 0 Å². The quantitative estimate of drug-likeness (QED) is 0.615. The number of aromatic nitrogens is 3. The lowest BCUT2D eigenvalue weighted by atomic mass is 9.88. The van der Waals surface area contributed by atoms with Crippen LogP contribution in [-0.2, 0) is 12.8 Å². The van der Waals surface area contributed by atoms with Gasteiger partial charge in [0.2, 0.25) is 0 Å². The molecule has 0 radical (unpaired) electrons. The van der Waals surface area contributed by atoms with Crippen molar-refractivity contribution >= 4 is 5.97 Å². The number of carboxylic acid groups (broad SMARTS) is 1. The van der Waals surface area contributed by atoms with Crippen molar-refractivity contribution in [1.82, 2.24) is 15.0 Å². The van der Waals surface area contributed by atoms with Gasteiger partial charge in [-0.3, -0.25) is 9.97 Å². The molecule has 3 aromatic heterocycles. The van der Waals surface area contributed by atoms with E-state index in [0.717, 1.165) is 52.9 Å². The fourth-order valence-electron chi connectivity index (χ4n) is 4.23. The molecule has 7 heteroatoms. The number of hydrogen-bond donors (Lipinski definition) is 3. The van der Waals surface area contributed by atoms with E-state index in [2.05, 4.69) is 15.0 Å². The standard InChI is InChI=1S/C22H22N4O3/c1-29-14-6-13(8-24-10-14)17-7-16-12(9-25-17)4-5-15-18(22(27)28)21(26-20(15)16)19(23)11-2-3-11/h6-11,19,26H,2-5,23H2,1H3,(H,27,28). The molecule has 4 N–H and O–H groups in total. The lowest BCUT2D eigenvalue weighted by Gasteiger charge is -2.17. The number of pyridine rings is 2. The topological polar surface area (TPSA) is 114 Å². The number of carboxylic acids is 1. The fraction of sp³-hybridized carbons (Fsp3) is 0.318. The Bertz CT molecular complexity index is 1120. The zero-order chi connectivity index (χ0) is 20.1. The molecule has 1 atom stereocenters. The van der Waals surface area contributed by atoms with Crippen molar-refractivity contribution < 1.29 is 14.6 Å².